The van der Waals surface area contributed by atoms with Crippen molar-refractivity contribution in [3.63, 3.8) is 0 Å². The van der Waals surface area contributed by atoms with Crippen LogP contribution in [0.15, 0.2) is 54.9 Å². The molecule has 0 radical (unpaired) electrons. The number of halogens is 6. The van der Waals surface area contributed by atoms with Gasteiger partial charge in [0.25, 0.3) is 0 Å². The van der Waals surface area contributed by atoms with Crippen LogP contribution in [0.2, 0.25) is 15.3 Å². The number of carbonyl (C=O) groups excluding carboxylic acids is 2. The molecule has 1 heterocycles. The zero-order valence-corrected chi connectivity index (χ0v) is 21.6. The average molecular weight is 574 g/mol. The molecule has 0 bridgehead atoms. The van der Waals surface area contributed by atoms with Crippen LogP contribution in [-0.2, 0) is 16.1 Å². The summed E-state index contributed by atoms with van der Waals surface area (Å²) in [5, 5.41) is 2.98. The fraction of sp³-hybridized carbons (Fsp3) is 0.320. The van der Waals surface area contributed by atoms with Crippen molar-refractivity contribution in [2.75, 3.05) is 4.90 Å². The Morgan fingerprint density at radius 3 is 2.43 bits per heavy atom. The van der Waals surface area contributed by atoms with Crippen molar-refractivity contribution in [1.82, 2.24) is 14.9 Å². The second-order valence-corrected chi connectivity index (χ2v) is 9.88. The normalized spacial score (nSPS) is 16.3. The number of hydrogen-bond donors (Lipinski definition) is 1. The lowest BCUT2D eigenvalue weighted by Crippen LogP contribution is -2.49. The third-order valence-corrected chi connectivity index (χ3v) is 7.28. The van der Waals surface area contributed by atoms with Gasteiger partial charge in [-0.1, -0.05) is 59.1 Å². The zero-order chi connectivity index (χ0) is 26.7. The van der Waals surface area contributed by atoms with Crippen LogP contribution in [0, 0.1) is 5.82 Å². The molecule has 1 aliphatic rings. The number of rotatable bonds is 7. The Balaban J connectivity index is 1.75. The lowest BCUT2D eigenvalue weighted by Gasteiger charge is -2.35. The minimum Gasteiger partial charge on any atom is -0.351 e. The van der Waals surface area contributed by atoms with E-state index in [0.29, 0.717) is 0 Å². The van der Waals surface area contributed by atoms with E-state index in [1.807, 2.05) is 0 Å². The van der Waals surface area contributed by atoms with Gasteiger partial charge in [-0.05, 0) is 37.1 Å². The molecule has 196 valence electrons. The van der Waals surface area contributed by atoms with Gasteiger partial charge in [0.1, 0.15) is 23.6 Å². The first-order chi connectivity index (χ1) is 17.6. The molecule has 1 aromatic heterocycles. The molecule has 0 aliphatic heterocycles. The van der Waals surface area contributed by atoms with E-state index in [1.54, 1.807) is 24.3 Å². The number of alkyl halides is 2. The molecule has 6 nitrogen and oxygen atoms in total. The topological polar surface area (TPSA) is 67.2 Å². The van der Waals surface area contributed by atoms with E-state index < -0.39 is 35.6 Å². The number of benzene rings is 2. The maximum atomic E-state index is 14.3. The van der Waals surface area contributed by atoms with Crippen LogP contribution in [0.3, 0.4) is 0 Å². The van der Waals surface area contributed by atoms with Gasteiger partial charge in [-0.3, -0.25) is 14.5 Å². The van der Waals surface area contributed by atoms with Crippen LogP contribution in [0.5, 0.6) is 0 Å². The summed E-state index contributed by atoms with van der Waals surface area (Å²) in [5.74, 6) is -4.70. The van der Waals surface area contributed by atoms with Crippen LogP contribution < -0.4 is 10.2 Å². The van der Waals surface area contributed by atoms with Gasteiger partial charge < -0.3 is 9.88 Å². The number of anilines is 1. The Kier molecular flexibility index (Phi) is 8.36. The molecule has 1 saturated carbocycles. The zero-order valence-electron chi connectivity index (χ0n) is 19.3. The Morgan fingerprint density at radius 2 is 1.81 bits per heavy atom. The van der Waals surface area contributed by atoms with Crippen molar-refractivity contribution in [1.29, 1.82) is 0 Å². The largest absolute Gasteiger partial charge is 0.351 e. The van der Waals surface area contributed by atoms with Gasteiger partial charge in [-0.25, -0.2) is 18.2 Å². The van der Waals surface area contributed by atoms with Crippen molar-refractivity contribution in [2.45, 2.75) is 50.2 Å². The van der Waals surface area contributed by atoms with Gasteiger partial charge >= 0.3 is 0 Å². The summed E-state index contributed by atoms with van der Waals surface area (Å²) in [6, 6.07) is 9.74. The SMILES string of the molecule is O=C(NC1CCC(F)(F)CC1)C(c1ccccc1Cl)N(C(=O)Cn1cnc(Cl)c1Cl)c1cccc(F)c1. The standard InChI is InChI=1S/C25H22Cl3F3N4O2/c26-19-7-2-1-6-18(19)21(24(37)33-16-8-10-25(30,31)11-9-16)35(17-5-3-4-15(29)12-17)20(36)13-34-14-32-22(27)23(34)28/h1-7,12,14,16,21H,8-11,13H2,(H,33,37). The molecule has 1 unspecified atom stereocenters. The van der Waals surface area contributed by atoms with Crippen molar-refractivity contribution in [3.8, 4) is 0 Å². The number of imidazole rings is 1. The van der Waals surface area contributed by atoms with Gasteiger partial charge in [0.05, 0.1) is 6.33 Å². The second kappa shape index (κ2) is 11.3. The molecular weight excluding hydrogens is 552 g/mol. The van der Waals surface area contributed by atoms with Crippen molar-refractivity contribution in [3.05, 3.63) is 81.6 Å². The van der Waals surface area contributed by atoms with Crippen LogP contribution >= 0.6 is 34.8 Å². The molecule has 2 aromatic carbocycles. The predicted octanol–water partition coefficient (Wildman–Crippen LogP) is 6.45. The predicted molar refractivity (Wildman–Crippen MR) is 136 cm³/mol. The molecule has 0 spiro atoms. The highest BCUT2D eigenvalue weighted by molar-refractivity contribution is 6.40. The third kappa shape index (κ3) is 6.40. The van der Waals surface area contributed by atoms with E-state index in [2.05, 4.69) is 10.3 Å². The quantitative estimate of drug-likeness (QED) is 0.353. The van der Waals surface area contributed by atoms with Crippen LogP contribution in [0.1, 0.15) is 37.3 Å². The van der Waals surface area contributed by atoms with E-state index in [4.69, 9.17) is 34.8 Å². The molecular formula is C25H22Cl3F3N4O2. The van der Waals surface area contributed by atoms with Crippen LogP contribution in [-0.4, -0.2) is 33.3 Å². The van der Waals surface area contributed by atoms with E-state index >= 15 is 0 Å². The molecule has 0 saturated heterocycles. The highest BCUT2D eigenvalue weighted by Gasteiger charge is 2.39. The number of hydrogen-bond acceptors (Lipinski definition) is 3. The lowest BCUT2D eigenvalue weighted by molar-refractivity contribution is -0.128. The highest BCUT2D eigenvalue weighted by Crippen LogP contribution is 2.36. The monoisotopic (exact) mass is 572 g/mol. The van der Waals surface area contributed by atoms with Gasteiger partial charge in [0, 0.05) is 35.2 Å². The minimum absolute atomic E-state index is 0.0103. The Labute approximate surface area is 226 Å². The Bertz CT molecular complexity index is 1290. The molecule has 4 rings (SSSR count). The van der Waals surface area contributed by atoms with Gasteiger partial charge in [0.15, 0.2) is 5.15 Å². The van der Waals surface area contributed by atoms with Crippen molar-refractivity contribution >= 4 is 52.3 Å². The van der Waals surface area contributed by atoms with Crippen LogP contribution in [0.4, 0.5) is 18.9 Å². The number of nitrogens with one attached hydrogen (secondary N) is 1. The molecule has 1 fully saturated rings. The summed E-state index contributed by atoms with van der Waals surface area (Å²) in [6.07, 6.45) is 0.692. The summed E-state index contributed by atoms with van der Waals surface area (Å²) in [5.41, 5.74) is 0.359. The summed E-state index contributed by atoms with van der Waals surface area (Å²) < 4.78 is 42.9. The first-order valence-corrected chi connectivity index (χ1v) is 12.6. The van der Waals surface area contributed by atoms with E-state index in [0.717, 1.165) is 11.0 Å². The second-order valence-electron chi connectivity index (χ2n) is 8.76. The Morgan fingerprint density at radius 1 is 1.11 bits per heavy atom. The number of nitrogens with zero attached hydrogens (tertiary/aromatic N) is 3. The number of carbonyl (C=O) groups is 2. The maximum absolute atomic E-state index is 14.3. The summed E-state index contributed by atoms with van der Waals surface area (Å²) >= 11 is 18.5. The minimum atomic E-state index is -2.78. The van der Waals surface area contributed by atoms with Gasteiger partial charge in [-0.15, -0.1) is 0 Å². The first kappa shape index (κ1) is 27.3. The van der Waals surface area contributed by atoms with Crippen LogP contribution in [0.25, 0.3) is 0 Å². The molecule has 3 aromatic rings. The van der Waals surface area contributed by atoms with Crippen molar-refractivity contribution in [2.24, 2.45) is 0 Å². The Hall–Kier alpha value is -2.75. The van der Waals surface area contributed by atoms with Gasteiger partial charge in [-0.2, -0.15) is 0 Å². The third-order valence-electron chi connectivity index (χ3n) is 6.16. The number of amides is 2. The van der Waals surface area contributed by atoms with E-state index in [9.17, 15) is 22.8 Å². The number of aromatic nitrogens is 2. The van der Waals surface area contributed by atoms with E-state index in [1.165, 1.54) is 29.1 Å². The highest BCUT2D eigenvalue weighted by atomic mass is 35.5. The fourth-order valence-electron chi connectivity index (χ4n) is 4.30. The molecule has 12 heteroatoms. The average Bonchev–Trinajstić information content (AvgIpc) is 3.16. The first-order valence-electron chi connectivity index (χ1n) is 11.4. The summed E-state index contributed by atoms with van der Waals surface area (Å²) in [4.78, 5) is 32.4. The molecule has 1 N–H and O–H groups in total. The van der Waals surface area contributed by atoms with Gasteiger partial charge in [0.2, 0.25) is 17.7 Å². The molecule has 1 atom stereocenters. The molecule has 37 heavy (non-hydrogen) atoms. The molecule has 2 amide bonds. The fourth-order valence-corrected chi connectivity index (χ4v) is 4.84. The van der Waals surface area contributed by atoms with E-state index in [-0.39, 0.29) is 58.8 Å². The summed E-state index contributed by atoms with van der Waals surface area (Å²) in [6.45, 7) is -0.376. The molecule has 1 aliphatic carbocycles. The summed E-state index contributed by atoms with van der Waals surface area (Å²) in [7, 11) is 0. The van der Waals surface area contributed by atoms with Crippen molar-refractivity contribution < 1.29 is 22.8 Å². The maximum Gasteiger partial charge on any atom is 0.248 e. The lowest BCUT2D eigenvalue weighted by atomic mass is 9.91. The smallest absolute Gasteiger partial charge is 0.248 e.